The van der Waals surface area contributed by atoms with Crippen molar-refractivity contribution >= 4 is 17.8 Å². The summed E-state index contributed by atoms with van der Waals surface area (Å²) in [5.74, 6) is -2.94. The smallest absolute Gasteiger partial charge is 0.308 e. The van der Waals surface area contributed by atoms with E-state index in [2.05, 4.69) is 38.3 Å². The maximum atomic E-state index is 12.8. The zero-order chi connectivity index (χ0) is 26.2. The Balaban J connectivity index is 2.54. The second-order valence-corrected chi connectivity index (χ2v) is 11.8. The van der Waals surface area contributed by atoms with Crippen LogP contribution in [0.5, 0.6) is 0 Å². The van der Waals surface area contributed by atoms with Gasteiger partial charge in [-0.15, -0.1) is 0 Å². The van der Waals surface area contributed by atoms with Gasteiger partial charge in [0.05, 0.1) is 12.5 Å². The standard InChI is InChI=1S/C26H48N2O6/c1-9-10-11-14-19(24(2,3)4)21(29)27-15-12-13-18(23(31)32)16-28-22(30)20-25(5,6)17-33-26(7,8)34-20/h18-20H,9-17H2,1-8H3,(H,27,29)(H,28,30)(H,31,32). The number of hydrogen-bond acceptors (Lipinski definition) is 5. The average molecular weight is 485 g/mol. The van der Waals surface area contributed by atoms with Crippen LogP contribution in [0.1, 0.15) is 93.9 Å². The summed E-state index contributed by atoms with van der Waals surface area (Å²) in [4.78, 5) is 37.3. The lowest BCUT2D eigenvalue weighted by Crippen LogP contribution is -2.57. The quantitative estimate of drug-likeness (QED) is 0.339. The summed E-state index contributed by atoms with van der Waals surface area (Å²) in [7, 11) is 0. The second kappa shape index (κ2) is 12.9. The first kappa shape index (κ1) is 30.4. The van der Waals surface area contributed by atoms with Crippen LogP contribution in [0.3, 0.4) is 0 Å². The van der Waals surface area contributed by atoms with Crippen LogP contribution < -0.4 is 10.6 Å². The number of rotatable bonds is 13. The van der Waals surface area contributed by atoms with E-state index >= 15 is 0 Å². The summed E-state index contributed by atoms with van der Waals surface area (Å²) in [6.45, 7) is 16.5. The molecule has 3 N–H and O–H groups in total. The van der Waals surface area contributed by atoms with Crippen molar-refractivity contribution in [2.24, 2.45) is 22.7 Å². The lowest BCUT2D eigenvalue weighted by molar-refractivity contribution is -0.304. The lowest BCUT2D eigenvalue weighted by atomic mass is 9.77. The highest BCUT2D eigenvalue weighted by Gasteiger charge is 2.45. The molecule has 0 spiro atoms. The Bertz CT molecular complexity index is 683. The summed E-state index contributed by atoms with van der Waals surface area (Å²) >= 11 is 0. The minimum atomic E-state index is -0.966. The van der Waals surface area contributed by atoms with E-state index in [9.17, 15) is 19.5 Å². The van der Waals surface area contributed by atoms with Gasteiger partial charge >= 0.3 is 5.97 Å². The van der Waals surface area contributed by atoms with Crippen LogP contribution >= 0.6 is 0 Å². The van der Waals surface area contributed by atoms with E-state index in [-0.39, 0.29) is 29.7 Å². The van der Waals surface area contributed by atoms with Gasteiger partial charge in [-0.05, 0) is 38.5 Å². The third-order valence-electron chi connectivity index (χ3n) is 6.50. The molecule has 0 aromatic carbocycles. The van der Waals surface area contributed by atoms with E-state index < -0.39 is 29.2 Å². The van der Waals surface area contributed by atoms with Crippen LogP contribution in [0, 0.1) is 22.7 Å². The maximum Gasteiger partial charge on any atom is 0.308 e. The number of aliphatic carboxylic acids is 1. The van der Waals surface area contributed by atoms with E-state index in [4.69, 9.17) is 9.47 Å². The molecule has 3 unspecified atom stereocenters. The van der Waals surface area contributed by atoms with Crippen molar-refractivity contribution in [3.05, 3.63) is 0 Å². The normalized spacial score (nSPS) is 21.4. The van der Waals surface area contributed by atoms with Crippen molar-refractivity contribution < 1.29 is 29.0 Å². The van der Waals surface area contributed by atoms with Gasteiger partial charge < -0.3 is 25.2 Å². The summed E-state index contributed by atoms with van der Waals surface area (Å²) in [6, 6.07) is 0. The molecule has 1 aliphatic heterocycles. The molecule has 3 atom stereocenters. The monoisotopic (exact) mass is 484 g/mol. The molecule has 0 bridgehead atoms. The first-order valence-corrected chi connectivity index (χ1v) is 12.7. The zero-order valence-electron chi connectivity index (χ0n) is 22.6. The van der Waals surface area contributed by atoms with Gasteiger partial charge in [0.2, 0.25) is 11.8 Å². The summed E-state index contributed by atoms with van der Waals surface area (Å²) in [5.41, 5.74) is -0.649. The molecule has 2 amide bonds. The van der Waals surface area contributed by atoms with Gasteiger partial charge in [0.1, 0.15) is 6.10 Å². The molecule has 34 heavy (non-hydrogen) atoms. The first-order valence-electron chi connectivity index (χ1n) is 12.7. The van der Waals surface area contributed by atoms with Crippen LogP contribution in [0.25, 0.3) is 0 Å². The third kappa shape index (κ3) is 9.90. The van der Waals surface area contributed by atoms with Gasteiger partial charge in [0.25, 0.3) is 0 Å². The number of unbranched alkanes of at least 4 members (excludes halogenated alkanes) is 2. The number of carboxylic acids is 1. The predicted octanol–water partition coefficient (Wildman–Crippen LogP) is 4.12. The van der Waals surface area contributed by atoms with Crippen LogP contribution in [0.2, 0.25) is 0 Å². The van der Waals surface area contributed by atoms with Crippen LogP contribution in [-0.4, -0.2) is 54.5 Å². The Morgan fingerprint density at radius 2 is 1.68 bits per heavy atom. The minimum Gasteiger partial charge on any atom is -0.481 e. The Labute approximate surface area is 205 Å². The summed E-state index contributed by atoms with van der Waals surface area (Å²) < 4.78 is 11.5. The van der Waals surface area contributed by atoms with Gasteiger partial charge in [0.15, 0.2) is 5.79 Å². The molecule has 198 valence electrons. The van der Waals surface area contributed by atoms with Crippen LogP contribution in [0.15, 0.2) is 0 Å². The fourth-order valence-corrected chi connectivity index (χ4v) is 4.19. The van der Waals surface area contributed by atoms with Gasteiger partial charge in [0, 0.05) is 24.4 Å². The highest BCUT2D eigenvalue weighted by molar-refractivity contribution is 5.82. The molecule has 1 fully saturated rings. The number of amides is 2. The minimum absolute atomic E-state index is 0.0149. The van der Waals surface area contributed by atoms with Crippen molar-refractivity contribution in [1.29, 1.82) is 0 Å². The van der Waals surface area contributed by atoms with E-state index in [0.29, 0.717) is 26.0 Å². The maximum absolute atomic E-state index is 12.8. The van der Waals surface area contributed by atoms with Crippen LogP contribution in [-0.2, 0) is 23.9 Å². The molecule has 1 rings (SSSR count). The third-order valence-corrected chi connectivity index (χ3v) is 6.50. The Kier molecular flexibility index (Phi) is 11.5. The fraction of sp³-hybridized carbons (Fsp3) is 0.885. The topological polar surface area (TPSA) is 114 Å². The van der Waals surface area contributed by atoms with Gasteiger partial charge in [-0.25, -0.2) is 0 Å². The molecule has 1 saturated heterocycles. The lowest BCUT2D eigenvalue weighted by Gasteiger charge is -2.44. The molecule has 1 heterocycles. The van der Waals surface area contributed by atoms with Crippen molar-refractivity contribution in [2.75, 3.05) is 19.7 Å². The Morgan fingerprint density at radius 1 is 1.03 bits per heavy atom. The average Bonchev–Trinajstić information content (AvgIpc) is 2.71. The van der Waals surface area contributed by atoms with E-state index in [0.717, 1.165) is 25.7 Å². The molecule has 0 aromatic heterocycles. The predicted molar refractivity (Wildman–Crippen MR) is 132 cm³/mol. The van der Waals surface area contributed by atoms with Crippen LogP contribution in [0.4, 0.5) is 0 Å². The number of hydrogen-bond donors (Lipinski definition) is 3. The second-order valence-electron chi connectivity index (χ2n) is 11.8. The first-order chi connectivity index (χ1) is 15.6. The number of carboxylic acid groups (broad SMARTS) is 1. The molecule has 8 nitrogen and oxygen atoms in total. The molecule has 0 aromatic rings. The molecule has 1 aliphatic rings. The molecule has 0 saturated carbocycles. The number of nitrogens with one attached hydrogen (secondary N) is 2. The largest absolute Gasteiger partial charge is 0.481 e. The fourth-order valence-electron chi connectivity index (χ4n) is 4.19. The number of carbonyl (C=O) groups is 3. The Morgan fingerprint density at radius 3 is 2.24 bits per heavy atom. The molecule has 8 heteroatoms. The Hall–Kier alpha value is -1.67. The van der Waals surface area contributed by atoms with E-state index in [1.54, 1.807) is 13.8 Å². The SMILES string of the molecule is CCCCCC(C(=O)NCCCC(CNC(=O)C1OC(C)(C)OCC1(C)C)C(=O)O)C(C)(C)C. The van der Waals surface area contributed by atoms with Crippen molar-refractivity contribution in [2.45, 2.75) is 106 Å². The molecule has 0 aliphatic carbocycles. The van der Waals surface area contributed by atoms with Gasteiger partial charge in [-0.3, -0.25) is 14.4 Å². The van der Waals surface area contributed by atoms with Gasteiger partial charge in [-0.1, -0.05) is 60.8 Å². The molecular formula is C26H48N2O6. The molecule has 0 radical (unpaired) electrons. The van der Waals surface area contributed by atoms with Crippen molar-refractivity contribution in [1.82, 2.24) is 10.6 Å². The highest BCUT2D eigenvalue weighted by Crippen LogP contribution is 2.35. The summed E-state index contributed by atoms with van der Waals surface area (Å²) in [5, 5.41) is 15.4. The van der Waals surface area contributed by atoms with E-state index in [1.807, 2.05) is 13.8 Å². The van der Waals surface area contributed by atoms with Crippen molar-refractivity contribution in [3.63, 3.8) is 0 Å². The van der Waals surface area contributed by atoms with Gasteiger partial charge in [-0.2, -0.15) is 0 Å². The van der Waals surface area contributed by atoms with E-state index in [1.165, 1.54) is 0 Å². The molecular weight excluding hydrogens is 436 g/mol. The van der Waals surface area contributed by atoms with Crippen molar-refractivity contribution in [3.8, 4) is 0 Å². The zero-order valence-corrected chi connectivity index (χ0v) is 22.6. The number of carbonyl (C=O) groups excluding carboxylic acids is 2. The summed E-state index contributed by atoms with van der Waals surface area (Å²) in [6.07, 6.45) is 4.26. The highest BCUT2D eigenvalue weighted by atomic mass is 16.7. The number of ether oxygens (including phenoxy) is 2.